The molecule has 0 unspecified atom stereocenters. The van der Waals surface area contributed by atoms with Crippen molar-refractivity contribution >= 4 is 6.03 Å². The summed E-state index contributed by atoms with van der Waals surface area (Å²) in [5, 5.41) is 5.65. The Hall–Kier alpha value is -2.53. The summed E-state index contributed by atoms with van der Waals surface area (Å²) in [6, 6.07) is 17.1. The fourth-order valence-electron chi connectivity index (χ4n) is 2.37. The van der Waals surface area contributed by atoms with Crippen molar-refractivity contribution in [3.63, 3.8) is 0 Å². The molecule has 2 aromatic carbocycles. The predicted octanol–water partition coefficient (Wildman–Crippen LogP) is 3.70. The van der Waals surface area contributed by atoms with Crippen LogP contribution in [0, 0.1) is 5.92 Å². The molecule has 2 N–H and O–H groups in total. The van der Waals surface area contributed by atoms with E-state index >= 15 is 0 Å². The van der Waals surface area contributed by atoms with Crippen molar-refractivity contribution in [3.8, 4) is 11.5 Å². The van der Waals surface area contributed by atoms with Gasteiger partial charge < -0.3 is 20.1 Å². The lowest BCUT2D eigenvalue weighted by atomic mass is 10.2. The molecular formula is C20H24N2O3. The maximum absolute atomic E-state index is 11.9. The summed E-state index contributed by atoms with van der Waals surface area (Å²) in [5.41, 5.74) is 0.923. The Morgan fingerprint density at radius 2 is 1.76 bits per heavy atom. The van der Waals surface area contributed by atoms with E-state index in [0.29, 0.717) is 19.7 Å². The highest BCUT2D eigenvalue weighted by Crippen LogP contribution is 2.28. The number of benzene rings is 2. The normalized spacial score (nSPS) is 13.3. The molecule has 1 saturated carbocycles. The second kappa shape index (κ2) is 9.08. The molecule has 0 heterocycles. The first-order chi connectivity index (χ1) is 12.3. The summed E-state index contributed by atoms with van der Waals surface area (Å²) in [5.74, 6) is 2.25. The Balaban J connectivity index is 1.41. The van der Waals surface area contributed by atoms with Crippen molar-refractivity contribution in [3.05, 3.63) is 60.2 Å². The molecule has 2 aromatic rings. The van der Waals surface area contributed by atoms with Crippen molar-refractivity contribution in [2.45, 2.75) is 19.4 Å². The molecule has 0 spiro atoms. The molecule has 2 amide bonds. The summed E-state index contributed by atoms with van der Waals surface area (Å²) in [6.07, 6.45) is 2.55. The van der Waals surface area contributed by atoms with E-state index in [1.165, 1.54) is 12.8 Å². The first-order valence-electron chi connectivity index (χ1n) is 8.71. The third-order valence-corrected chi connectivity index (χ3v) is 3.97. The Labute approximate surface area is 148 Å². The number of nitrogens with one attached hydrogen (secondary N) is 2. The predicted molar refractivity (Wildman–Crippen MR) is 96.7 cm³/mol. The van der Waals surface area contributed by atoms with Gasteiger partial charge in [-0.15, -0.1) is 0 Å². The van der Waals surface area contributed by atoms with Gasteiger partial charge in [0.25, 0.3) is 0 Å². The van der Waals surface area contributed by atoms with E-state index in [1.807, 2.05) is 54.6 Å². The van der Waals surface area contributed by atoms with Gasteiger partial charge in [0.1, 0.15) is 11.5 Å². The van der Waals surface area contributed by atoms with E-state index < -0.39 is 0 Å². The van der Waals surface area contributed by atoms with E-state index in [4.69, 9.17) is 9.47 Å². The van der Waals surface area contributed by atoms with Gasteiger partial charge in [-0.25, -0.2) is 4.79 Å². The fourth-order valence-corrected chi connectivity index (χ4v) is 2.37. The molecule has 0 saturated heterocycles. The minimum absolute atomic E-state index is 0.204. The van der Waals surface area contributed by atoms with Gasteiger partial charge in [-0.3, -0.25) is 0 Å². The van der Waals surface area contributed by atoms with Crippen molar-refractivity contribution < 1.29 is 14.3 Å². The zero-order valence-corrected chi connectivity index (χ0v) is 14.2. The molecule has 1 fully saturated rings. The van der Waals surface area contributed by atoms with Crippen LogP contribution in [0.3, 0.4) is 0 Å². The van der Waals surface area contributed by atoms with Crippen LogP contribution in [0.4, 0.5) is 4.79 Å². The number of ether oxygens (including phenoxy) is 2. The number of rotatable bonds is 9. The minimum Gasteiger partial charge on any atom is -0.457 e. The lowest BCUT2D eigenvalue weighted by Crippen LogP contribution is -2.37. The molecule has 0 atom stereocenters. The van der Waals surface area contributed by atoms with Crippen LogP contribution in [0.15, 0.2) is 54.6 Å². The van der Waals surface area contributed by atoms with Gasteiger partial charge in [-0.1, -0.05) is 36.4 Å². The number of hydrogen-bond acceptors (Lipinski definition) is 3. The van der Waals surface area contributed by atoms with E-state index in [0.717, 1.165) is 29.6 Å². The van der Waals surface area contributed by atoms with Crippen LogP contribution in [0.5, 0.6) is 11.5 Å². The number of urea groups is 1. The van der Waals surface area contributed by atoms with Gasteiger partial charge in [0, 0.05) is 25.3 Å². The van der Waals surface area contributed by atoms with Gasteiger partial charge in [0.2, 0.25) is 0 Å². The maximum atomic E-state index is 11.9. The second-order valence-electron chi connectivity index (χ2n) is 6.15. The van der Waals surface area contributed by atoms with Gasteiger partial charge in [-0.2, -0.15) is 0 Å². The highest BCUT2D eigenvalue weighted by atomic mass is 16.5. The quantitative estimate of drug-likeness (QED) is 0.684. The monoisotopic (exact) mass is 340 g/mol. The number of amides is 2. The zero-order chi connectivity index (χ0) is 17.3. The van der Waals surface area contributed by atoms with Crippen LogP contribution in [0.1, 0.15) is 18.4 Å². The maximum Gasteiger partial charge on any atom is 0.315 e. The first-order valence-corrected chi connectivity index (χ1v) is 8.71. The van der Waals surface area contributed by atoms with E-state index in [2.05, 4.69) is 10.6 Å². The molecule has 0 bridgehead atoms. The smallest absolute Gasteiger partial charge is 0.315 e. The average Bonchev–Trinajstić information content (AvgIpc) is 3.46. The van der Waals surface area contributed by atoms with Crippen molar-refractivity contribution in [2.24, 2.45) is 5.92 Å². The highest BCUT2D eigenvalue weighted by Gasteiger charge is 2.20. The SMILES string of the molecule is O=C(NCCOCC1CC1)NCc1ccccc1Oc1ccccc1. The van der Waals surface area contributed by atoms with Crippen LogP contribution in [0.2, 0.25) is 0 Å². The Kier molecular flexibility index (Phi) is 6.29. The molecule has 1 aliphatic carbocycles. The number of hydrogen-bond donors (Lipinski definition) is 2. The van der Waals surface area contributed by atoms with E-state index in [1.54, 1.807) is 0 Å². The number of carbonyl (C=O) groups excluding carboxylic acids is 1. The molecule has 5 nitrogen and oxygen atoms in total. The molecule has 0 radical (unpaired) electrons. The molecule has 0 aromatic heterocycles. The van der Waals surface area contributed by atoms with E-state index in [9.17, 15) is 4.79 Å². The summed E-state index contributed by atoms with van der Waals surface area (Å²) in [4.78, 5) is 11.9. The van der Waals surface area contributed by atoms with Gasteiger partial charge in [0.05, 0.1) is 6.61 Å². The Morgan fingerprint density at radius 3 is 2.56 bits per heavy atom. The largest absolute Gasteiger partial charge is 0.457 e. The Morgan fingerprint density at radius 1 is 1.00 bits per heavy atom. The fraction of sp³-hybridized carbons (Fsp3) is 0.350. The minimum atomic E-state index is -0.204. The molecule has 132 valence electrons. The lowest BCUT2D eigenvalue weighted by molar-refractivity contribution is 0.127. The van der Waals surface area contributed by atoms with Crippen LogP contribution >= 0.6 is 0 Å². The van der Waals surface area contributed by atoms with Gasteiger partial charge in [0.15, 0.2) is 0 Å². The van der Waals surface area contributed by atoms with Crippen LogP contribution in [0.25, 0.3) is 0 Å². The topological polar surface area (TPSA) is 59.6 Å². The molecule has 5 heteroatoms. The highest BCUT2D eigenvalue weighted by molar-refractivity contribution is 5.73. The molecule has 3 rings (SSSR count). The summed E-state index contributed by atoms with van der Waals surface area (Å²) < 4.78 is 11.4. The number of carbonyl (C=O) groups is 1. The van der Waals surface area contributed by atoms with Crippen molar-refractivity contribution in [1.29, 1.82) is 0 Å². The standard InChI is InChI=1S/C20H24N2O3/c23-20(21-12-13-24-15-16-10-11-16)22-14-17-6-4-5-9-19(17)25-18-7-2-1-3-8-18/h1-9,16H,10-15H2,(H2,21,22,23). The third-order valence-electron chi connectivity index (χ3n) is 3.97. The summed E-state index contributed by atoms with van der Waals surface area (Å²) in [7, 11) is 0. The van der Waals surface area contributed by atoms with Crippen LogP contribution < -0.4 is 15.4 Å². The van der Waals surface area contributed by atoms with E-state index in [-0.39, 0.29) is 6.03 Å². The van der Waals surface area contributed by atoms with Gasteiger partial charge >= 0.3 is 6.03 Å². The number of para-hydroxylation sites is 2. The Bertz CT molecular complexity index is 672. The summed E-state index contributed by atoms with van der Waals surface area (Å²) in [6.45, 7) is 2.28. The second-order valence-corrected chi connectivity index (χ2v) is 6.15. The average molecular weight is 340 g/mol. The summed E-state index contributed by atoms with van der Waals surface area (Å²) >= 11 is 0. The van der Waals surface area contributed by atoms with Crippen LogP contribution in [-0.2, 0) is 11.3 Å². The van der Waals surface area contributed by atoms with Crippen molar-refractivity contribution in [2.75, 3.05) is 19.8 Å². The molecule has 0 aliphatic heterocycles. The zero-order valence-electron chi connectivity index (χ0n) is 14.2. The van der Waals surface area contributed by atoms with Crippen molar-refractivity contribution in [1.82, 2.24) is 10.6 Å². The molecule has 25 heavy (non-hydrogen) atoms. The first kappa shape index (κ1) is 17.3. The molecule has 1 aliphatic rings. The third kappa shape index (κ3) is 6.12. The molecular weight excluding hydrogens is 316 g/mol. The van der Waals surface area contributed by atoms with Gasteiger partial charge in [-0.05, 0) is 37.0 Å². The van der Waals surface area contributed by atoms with Crippen LogP contribution in [-0.4, -0.2) is 25.8 Å². The lowest BCUT2D eigenvalue weighted by Gasteiger charge is -2.12.